The van der Waals surface area contributed by atoms with Gasteiger partial charge in [0.25, 0.3) is 0 Å². The molecule has 5 N–H and O–H groups in total. The third kappa shape index (κ3) is 13.0. The van der Waals surface area contributed by atoms with Gasteiger partial charge in [0.2, 0.25) is 0 Å². The Labute approximate surface area is 187 Å². The number of nitrogens with zero attached hydrogens (tertiary/aromatic N) is 2. The molecule has 0 spiro atoms. The number of hydrogen-bond acceptors (Lipinski definition) is 5. The third-order valence-corrected chi connectivity index (χ3v) is 3.32. The summed E-state index contributed by atoms with van der Waals surface area (Å²) in [5, 5.41) is 18.9. The monoisotopic (exact) mass is 469 g/mol. The topological polar surface area (TPSA) is 112 Å². The van der Waals surface area contributed by atoms with Crippen LogP contribution in [0.15, 0.2) is 72.1 Å². The minimum Gasteiger partial charge on any atom is -0.402 e. The fraction of sp³-hybridized carbons (Fsp3) is 0.182. The van der Waals surface area contributed by atoms with Crippen molar-refractivity contribution in [1.82, 2.24) is 0 Å². The lowest BCUT2D eigenvalue weighted by molar-refractivity contribution is -0.138. The highest BCUT2D eigenvalue weighted by Crippen LogP contribution is 2.31. The van der Waals surface area contributed by atoms with E-state index in [1.807, 2.05) is 0 Å². The summed E-state index contributed by atoms with van der Waals surface area (Å²) in [6.07, 6.45) is -6.14. The lowest BCUT2D eigenvalue weighted by Crippen LogP contribution is -2.05. The summed E-state index contributed by atoms with van der Waals surface area (Å²) in [5.41, 5.74) is 10.2. The van der Waals surface area contributed by atoms with Crippen molar-refractivity contribution < 1.29 is 26.3 Å². The van der Waals surface area contributed by atoms with E-state index in [1.165, 1.54) is 36.4 Å². The Hall–Kier alpha value is -4.12. The van der Waals surface area contributed by atoms with Crippen LogP contribution in [-0.2, 0) is 12.4 Å². The molecular weight excluding hydrogens is 448 g/mol. The fourth-order valence-corrected chi connectivity index (χ4v) is 1.95. The molecular formula is C22H21F6N5. The Morgan fingerprint density at radius 2 is 1.33 bits per heavy atom. The molecule has 2 aromatic carbocycles. The van der Waals surface area contributed by atoms with Gasteiger partial charge in [-0.05, 0) is 50.2 Å². The Morgan fingerprint density at radius 1 is 0.848 bits per heavy atom. The van der Waals surface area contributed by atoms with Gasteiger partial charge >= 0.3 is 12.4 Å². The molecule has 0 radical (unpaired) electrons. The molecule has 0 saturated carbocycles. The van der Waals surface area contributed by atoms with E-state index in [2.05, 4.69) is 5.32 Å². The SMILES string of the molecule is C/C(=C\C#N)Nc1cccc(C(F)(F)F)c1.C/C(N)=C\C#N.Nc1cccc(C(F)(F)F)c1. The van der Waals surface area contributed by atoms with Gasteiger partial charge in [0.1, 0.15) is 0 Å². The average molecular weight is 469 g/mol. The summed E-state index contributed by atoms with van der Waals surface area (Å²) >= 11 is 0. The summed E-state index contributed by atoms with van der Waals surface area (Å²) in [7, 11) is 0. The smallest absolute Gasteiger partial charge is 0.402 e. The number of nitrogens with one attached hydrogen (secondary N) is 1. The van der Waals surface area contributed by atoms with Crippen molar-refractivity contribution in [3.63, 3.8) is 0 Å². The van der Waals surface area contributed by atoms with Crippen molar-refractivity contribution in [1.29, 1.82) is 10.5 Å². The molecule has 0 heterocycles. The van der Waals surface area contributed by atoms with Gasteiger partial charge in [-0.2, -0.15) is 36.9 Å². The predicted molar refractivity (Wildman–Crippen MR) is 114 cm³/mol. The number of allylic oxidation sites excluding steroid dienone is 4. The standard InChI is InChI=1S/C11H9F3N2.C7H6F3N.C4H6N2/c1-8(5-6-15)16-10-4-2-3-9(7-10)11(12,13)14;8-7(9,10)5-2-1-3-6(11)4-5;1-4(6)2-3-5/h2-5,7,16H,1H3;1-4H,11H2;2H,6H2,1H3/b8-5+;;4-2+. The van der Waals surface area contributed by atoms with E-state index in [-0.39, 0.29) is 5.69 Å². The summed E-state index contributed by atoms with van der Waals surface area (Å²) in [6.45, 7) is 3.27. The molecule has 0 aliphatic rings. The second-order valence-electron chi connectivity index (χ2n) is 6.30. The van der Waals surface area contributed by atoms with Gasteiger partial charge in [-0.25, -0.2) is 0 Å². The van der Waals surface area contributed by atoms with Crippen LogP contribution in [0.2, 0.25) is 0 Å². The summed E-state index contributed by atoms with van der Waals surface area (Å²) in [5.74, 6) is 0. The quantitative estimate of drug-likeness (QED) is 0.275. The molecule has 11 heteroatoms. The van der Waals surface area contributed by atoms with E-state index >= 15 is 0 Å². The zero-order valence-electron chi connectivity index (χ0n) is 17.6. The number of alkyl halides is 6. The van der Waals surface area contributed by atoms with E-state index in [4.69, 9.17) is 22.0 Å². The van der Waals surface area contributed by atoms with Crippen LogP contribution in [0.1, 0.15) is 25.0 Å². The van der Waals surface area contributed by atoms with Crippen LogP contribution in [-0.4, -0.2) is 0 Å². The number of rotatable bonds is 2. The van der Waals surface area contributed by atoms with Crippen molar-refractivity contribution in [3.05, 3.63) is 83.2 Å². The van der Waals surface area contributed by atoms with Crippen LogP contribution in [0.4, 0.5) is 37.7 Å². The molecule has 0 unspecified atom stereocenters. The maximum Gasteiger partial charge on any atom is 0.416 e. The summed E-state index contributed by atoms with van der Waals surface area (Å²) < 4.78 is 72.8. The number of nitrogen functional groups attached to an aromatic ring is 1. The minimum absolute atomic E-state index is 0.125. The van der Waals surface area contributed by atoms with Gasteiger partial charge in [-0.3, -0.25) is 0 Å². The van der Waals surface area contributed by atoms with Crippen LogP contribution in [0, 0.1) is 22.7 Å². The number of anilines is 2. The molecule has 2 rings (SSSR count). The van der Waals surface area contributed by atoms with Crippen LogP contribution in [0.25, 0.3) is 0 Å². The van der Waals surface area contributed by atoms with Crippen molar-refractivity contribution in [2.45, 2.75) is 26.2 Å². The van der Waals surface area contributed by atoms with Gasteiger partial charge in [0, 0.05) is 34.9 Å². The molecule has 0 amide bonds. The summed E-state index contributed by atoms with van der Waals surface area (Å²) in [4.78, 5) is 0. The number of nitrogens with two attached hydrogens (primary N) is 2. The number of halogens is 6. The number of benzene rings is 2. The van der Waals surface area contributed by atoms with Crippen LogP contribution < -0.4 is 16.8 Å². The molecule has 0 fully saturated rings. The van der Waals surface area contributed by atoms with E-state index < -0.39 is 23.5 Å². The molecule has 0 aromatic heterocycles. The molecule has 0 aliphatic heterocycles. The lowest BCUT2D eigenvalue weighted by Gasteiger charge is -2.10. The predicted octanol–water partition coefficient (Wildman–Crippen LogP) is 6.20. The van der Waals surface area contributed by atoms with Gasteiger partial charge in [0.05, 0.1) is 23.3 Å². The second-order valence-corrected chi connectivity index (χ2v) is 6.30. The van der Waals surface area contributed by atoms with Crippen molar-refractivity contribution in [2.24, 2.45) is 5.73 Å². The van der Waals surface area contributed by atoms with Crippen molar-refractivity contribution >= 4 is 11.4 Å². The van der Waals surface area contributed by atoms with E-state index in [9.17, 15) is 26.3 Å². The van der Waals surface area contributed by atoms with Gasteiger partial charge in [0.15, 0.2) is 0 Å². The molecule has 2 aromatic rings. The molecule has 0 saturated heterocycles. The lowest BCUT2D eigenvalue weighted by atomic mass is 10.2. The average Bonchev–Trinajstić information content (AvgIpc) is 2.68. The molecule has 0 bridgehead atoms. The van der Waals surface area contributed by atoms with Gasteiger partial charge in [-0.15, -0.1) is 0 Å². The Balaban J connectivity index is 0.000000520. The van der Waals surface area contributed by atoms with Crippen molar-refractivity contribution in [3.8, 4) is 12.1 Å². The maximum absolute atomic E-state index is 12.4. The molecule has 0 atom stereocenters. The largest absolute Gasteiger partial charge is 0.416 e. The molecule has 5 nitrogen and oxygen atoms in total. The zero-order chi connectivity index (χ0) is 25.7. The Morgan fingerprint density at radius 3 is 1.70 bits per heavy atom. The first-order chi connectivity index (χ1) is 15.2. The highest BCUT2D eigenvalue weighted by atomic mass is 19.4. The van der Waals surface area contributed by atoms with Crippen LogP contribution in [0.5, 0.6) is 0 Å². The van der Waals surface area contributed by atoms with Crippen LogP contribution >= 0.6 is 0 Å². The van der Waals surface area contributed by atoms with Gasteiger partial charge in [-0.1, -0.05) is 12.1 Å². The fourth-order valence-electron chi connectivity index (χ4n) is 1.95. The third-order valence-electron chi connectivity index (χ3n) is 3.32. The van der Waals surface area contributed by atoms with E-state index in [0.717, 1.165) is 24.3 Å². The number of nitriles is 2. The highest BCUT2D eigenvalue weighted by molar-refractivity contribution is 5.50. The minimum atomic E-state index is -4.36. The second kappa shape index (κ2) is 13.3. The molecule has 0 aliphatic carbocycles. The van der Waals surface area contributed by atoms with Gasteiger partial charge < -0.3 is 16.8 Å². The van der Waals surface area contributed by atoms with Crippen molar-refractivity contribution in [2.75, 3.05) is 11.1 Å². The van der Waals surface area contributed by atoms with E-state index in [1.54, 1.807) is 26.0 Å². The van der Waals surface area contributed by atoms with E-state index in [0.29, 0.717) is 17.1 Å². The normalized spacial score (nSPS) is 11.6. The van der Waals surface area contributed by atoms with Crippen LogP contribution in [0.3, 0.4) is 0 Å². The Bertz CT molecular complexity index is 1040. The first-order valence-electron chi connectivity index (χ1n) is 8.96. The first-order valence-corrected chi connectivity index (χ1v) is 8.96. The molecule has 176 valence electrons. The number of hydrogen-bond donors (Lipinski definition) is 3. The Kier molecular flexibility index (Phi) is 11.7. The zero-order valence-corrected chi connectivity index (χ0v) is 17.6. The maximum atomic E-state index is 12.4. The first kappa shape index (κ1) is 28.9. The highest BCUT2D eigenvalue weighted by Gasteiger charge is 2.30. The summed E-state index contributed by atoms with van der Waals surface area (Å²) in [6, 6.07) is 12.9. The molecule has 33 heavy (non-hydrogen) atoms.